The van der Waals surface area contributed by atoms with E-state index < -0.39 is 23.5 Å². The number of methoxy groups -OCH3 is 1. The van der Waals surface area contributed by atoms with Crippen molar-refractivity contribution in [3.63, 3.8) is 0 Å². The highest BCUT2D eigenvalue weighted by molar-refractivity contribution is 5.34. The van der Waals surface area contributed by atoms with Crippen molar-refractivity contribution < 1.29 is 19.3 Å². The molecule has 5 heteroatoms. The first kappa shape index (κ1) is 21.2. The quantitative estimate of drug-likeness (QED) is 0.608. The third-order valence-corrected chi connectivity index (χ3v) is 8.00. The number of fused-ring (bicyclic) bond motifs is 4. The van der Waals surface area contributed by atoms with Crippen molar-refractivity contribution in [1.29, 1.82) is 0 Å². The summed E-state index contributed by atoms with van der Waals surface area (Å²) in [5.41, 5.74) is -1.34. The number of allylic oxidation sites excluding steroid dienone is 1. The number of aliphatic hydroxyl groups is 2. The van der Waals surface area contributed by atoms with Crippen LogP contribution in [0.1, 0.15) is 64.7 Å². The van der Waals surface area contributed by atoms with Crippen LogP contribution in [0.15, 0.2) is 11.6 Å². The van der Waals surface area contributed by atoms with Crippen molar-refractivity contribution in [3.8, 4) is 0 Å². The van der Waals surface area contributed by atoms with Gasteiger partial charge in [-0.2, -0.15) is 0 Å². The van der Waals surface area contributed by atoms with E-state index in [1.807, 2.05) is 20.2 Å². The van der Waals surface area contributed by atoms with Crippen LogP contribution >= 0.6 is 0 Å². The first-order chi connectivity index (χ1) is 12.8. The summed E-state index contributed by atoms with van der Waals surface area (Å²) in [4.78, 5) is 0. The van der Waals surface area contributed by atoms with Crippen LogP contribution in [-0.4, -0.2) is 54.9 Å². The van der Waals surface area contributed by atoms with Crippen molar-refractivity contribution >= 4 is 0 Å². The Balaban J connectivity index is 0.000000659. The molecule has 3 saturated carbocycles. The summed E-state index contributed by atoms with van der Waals surface area (Å²) in [6.07, 6.45) is 7.48. The monoisotopic (exact) mass is 383 g/mol. The molecule has 4 aliphatic rings. The molecular weight excluding hydrogens is 345 g/mol. The van der Waals surface area contributed by atoms with Crippen LogP contribution in [-0.2, 0) is 4.74 Å². The van der Waals surface area contributed by atoms with Crippen molar-refractivity contribution in [1.82, 2.24) is 5.32 Å². The molecule has 7 atom stereocenters. The predicted octanol–water partition coefficient (Wildman–Crippen LogP) is 3.37. The predicted molar refractivity (Wildman–Crippen MR) is 105 cm³/mol. The van der Waals surface area contributed by atoms with Crippen LogP contribution in [0.5, 0.6) is 0 Å². The smallest absolute Gasteiger partial charge is 0.153 e. The topological polar surface area (TPSA) is 61.7 Å². The molecule has 0 aromatic carbocycles. The zero-order chi connectivity index (χ0) is 19.9. The van der Waals surface area contributed by atoms with E-state index in [0.717, 1.165) is 38.5 Å². The summed E-state index contributed by atoms with van der Waals surface area (Å²) in [6.45, 7) is 2.26. The summed E-state index contributed by atoms with van der Waals surface area (Å²) in [7, 11) is 5.32. The Morgan fingerprint density at radius 3 is 2.56 bits per heavy atom. The van der Waals surface area contributed by atoms with Gasteiger partial charge >= 0.3 is 0 Å². The number of nitrogens with one attached hydrogen (secondary N) is 1. The van der Waals surface area contributed by atoms with Gasteiger partial charge in [-0.15, -0.1) is 0 Å². The fourth-order valence-corrected chi connectivity index (χ4v) is 6.64. The number of hydrogen-bond acceptors (Lipinski definition) is 4. The van der Waals surface area contributed by atoms with E-state index in [1.54, 1.807) is 7.11 Å². The lowest BCUT2D eigenvalue weighted by atomic mass is 9.60. The third kappa shape index (κ3) is 3.29. The van der Waals surface area contributed by atoms with Gasteiger partial charge in [0.15, 0.2) is 6.17 Å². The minimum absolute atomic E-state index is 0.0732. The van der Waals surface area contributed by atoms with Gasteiger partial charge in [-0.1, -0.05) is 19.4 Å². The average molecular weight is 384 g/mol. The SMILES string of the molecule is CNC.COC12CC(O)CCC1CC[C@@]1(O)C(=CCC3(C)CCCC31)C2F. The molecule has 6 unspecified atom stereocenters. The summed E-state index contributed by atoms with van der Waals surface area (Å²) < 4.78 is 21.7. The first-order valence-electron chi connectivity index (χ1n) is 10.7. The molecule has 0 aromatic rings. The minimum Gasteiger partial charge on any atom is -0.393 e. The van der Waals surface area contributed by atoms with Gasteiger partial charge in [-0.25, -0.2) is 4.39 Å². The van der Waals surface area contributed by atoms with E-state index in [0.29, 0.717) is 24.8 Å². The molecule has 0 radical (unpaired) electrons. The van der Waals surface area contributed by atoms with Crippen LogP contribution in [0.2, 0.25) is 0 Å². The number of hydrogen-bond donors (Lipinski definition) is 3. The van der Waals surface area contributed by atoms with Crippen LogP contribution in [0.4, 0.5) is 4.39 Å². The summed E-state index contributed by atoms with van der Waals surface area (Å²) in [6, 6.07) is 0. The van der Waals surface area contributed by atoms with E-state index in [9.17, 15) is 10.2 Å². The highest BCUT2D eigenvalue weighted by Crippen LogP contribution is 2.61. The highest BCUT2D eigenvalue weighted by atomic mass is 19.1. The Morgan fingerprint density at radius 1 is 1.19 bits per heavy atom. The molecule has 27 heavy (non-hydrogen) atoms. The standard InChI is InChI=1S/C20H31FO3.C2H7N/c1-18-9-3-4-16(18)19(23)11-7-13-5-6-14(22)12-20(13,24-2)17(21)15(19)8-10-18;1-3-2/h8,13-14,16-17,22-23H,3-7,9-12H2,1-2H3;3H,1-2H3/t13?,14?,16?,17?,18?,19-,20?;/m1./s1. The number of halogens is 1. The maximum absolute atomic E-state index is 15.9. The third-order valence-electron chi connectivity index (χ3n) is 8.00. The summed E-state index contributed by atoms with van der Waals surface area (Å²) >= 11 is 0. The summed E-state index contributed by atoms with van der Waals surface area (Å²) in [5.74, 6) is 0.228. The molecule has 4 rings (SSSR count). The Hall–Kier alpha value is -0.490. The van der Waals surface area contributed by atoms with Crippen molar-refractivity contribution in [2.24, 2.45) is 17.3 Å². The Labute approximate surface area is 163 Å². The lowest BCUT2D eigenvalue weighted by molar-refractivity contribution is -0.147. The highest BCUT2D eigenvalue weighted by Gasteiger charge is 2.62. The molecule has 4 aliphatic carbocycles. The molecular formula is C22H38FNO3. The van der Waals surface area contributed by atoms with Crippen LogP contribution in [0.25, 0.3) is 0 Å². The maximum atomic E-state index is 15.9. The van der Waals surface area contributed by atoms with Crippen molar-refractivity contribution in [2.75, 3.05) is 21.2 Å². The lowest BCUT2D eigenvalue weighted by Gasteiger charge is -2.50. The van der Waals surface area contributed by atoms with E-state index in [2.05, 4.69) is 12.2 Å². The van der Waals surface area contributed by atoms with Gasteiger partial charge in [0.25, 0.3) is 0 Å². The number of aliphatic hydroxyl groups excluding tert-OH is 1. The Morgan fingerprint density at radius 2 is 1.89 bits per heavy atom. The zero-order valence-electron chi connectivity index (χ0n) is 17.4. The zero-order valence-corrected chi connectivity index (χ0v) is 17.4. The lowest BCUT2D eigenvalue weighted by Crippen LogP contribution is -2.56. The molecule has 156 valence electrons. The maximum Gasteiger partial charge on any atom is 0.153 e. The van der Waals surface area contributed by atoms with Crippen LogP contribution in [0.3, 0.4) is 0 Å². The van der Waals surface area contributed by atoms with Gasteiger partial charge in [0.1, 0.15) is 5.60 Å². The van der Waals surface area contributed by atoms with E-state index in [4.69, 9.17) is 4.74 Å². The molecule has 4 nitrogen and oxygen atoms in total. The molecule has 0 aromatic heterocycles. The van der Waals surface area contributed by atoms with Gasteiger partial charge in [0, 0.05) is 13.5 Å². The molecule has 3 N–H and O–H groups in total. The summed E-state index contributed by atoms with van der Waals surface area (Å²) in [5, 5.41) is 24.6. The van der Waals surface area contributed by atoms with Gasteiger partial charge in [-0.05, 0) is 81.9 Å². The van der Waals surface area contributed by atoms with E-state index in [1.165, 1.54) is 0 Å². The molecule has 0 bridgehead atoms. The fourth-order valence-electron chi connectivity index (χ4n) is 6.64. The van der Waals surface area contributed by atoms with E-state index in [-0.39, 0.29) is 17.3 Å². The molecule has 3 fully saturated rings. The van der Waals surface area contributed by atoms with Crippen molar-refractivity contribution in [2.45, 2.75) is 88.2 Å². The van der Waals surface area contributed by atoms with Crippen molar-refractivity contribution in [3.05, 3.63) is 11.6 Å². The van der Waals surface area contributed by atoms with E-state index >= 15 is 4.39 Å². The number of ether oxygens (including phenoxy) is 1. The fraction of sp³-hybridized carbons (Fsp3) is 0.909. The molecule has 0 heterocycles. The second-order valence-corrected chi connectivity index (χ2v) is 9.58. The van der Waals surface area contributed by atoms with Crippen LogP contribution < -0.4 is 5.32 Å². The normalized spacial score (nSPS) is 48.9. The van der Waals surface area contributed by atoms with Gasteiger partial charge in [0.2, 0.25) is 0 Å². The molecule has 0 spiro atoms. The largest absolute Gasteiger partial charge is 0.393 e. The second kappa shape index (κ2) is 7.74. The second-order valence-electron chi connectivity index (χ2n) is 9.58. The minimum atomic E-state index is -1.32. The van der Waals surface area contributed by atoms with Gasteiger partial charge in [0.05, 0.1) is 11.7 Å². The Kier molecular flexibility index (Phi) is 6.08. The average Bonchev–Trinajstić information content (AvgIpc) is 3.00. The first-order valence-corrected chi connectivity index (χ1v) is 10.7. The van der Waals surface area contributed by atoms with Gasteiger partial charge < -0.3 is 20.3 Å². The Bertz CT molecular complexity index is 570. The molecule has 0 saturated heterocycles. The number of alkyl halides is 1. The molecule has 0 amide bonds. The molecule has 0 aliphatic heterocycles. The van der Waals surface area contributed by atoms with Gasteiger partial charge in [-0.3, -0.25) is 0 Å². The van der Waals surface area contributed by atoms with Crippen LogP contribution in [0, 0.1) is 17.3 Å². The number of rotatable bonds is 1.